The first-order valence-electron chi connectivity index (χ1n) is 9.07. The van der Waals surface area contributed by atoms with Gasteiger partial charge in [0.1, 0.15) is 0 Å². The fourth-order valence-electron chi connectivity index (χ4n) is 2.48. The van der Waals surface area contributed by atoms with Crippen LogP contribution in [0.5, 0.6) is 0 Å². The van der Waals surface area contributed by atoms with Crippen molar-refractivity contribution in [3.63, 3.8) is 0 Å². The van der Waals surface area contributed by atoms with Gasteiger partial charge in [-0.05, 0) is 6.42 Å². The third kappa shape index (κ3) is 17.2. The first-order valence-corrected chi connectivity index (χ1v) is 9.07. The highest BCUT2D eigenvalue weighted by Crippen LogP contribution is 2.12. The average molecular weight is 296 g/mol. The second-order valence-corrected chi connectivity index (χ2v) is 5.96. The number of carbonyl (C=O) groups excluding carboxylic acids is 1. The zero-order valence-electron chi connectivity index (χ0n) is 14.2. The van der Waals surface area contributed by atoms with E-state index in [0.717, 1.165) is 6.42 Å². The van der Waals surface area contributed by atoms with E-state index in [2.05, 4.69) is 13.5 Å². The Labute approximate surface area is 132 Å². The Morgan fingerprint density at radius 3 is 1.67 bits per heavy atom. The Morgan fingerprint density at radius 2 is 1.24 bits per heavy atom. The molecule has 0 rings (SSSR count). The molecular formula is C19H36O2. The highest BCUT2D eigenvalue weighted by Gasteiger charge is 1.98. The summed E-state index contributed by atoms with van der Waals surface area (Å²) >= 11 is 0. The van der Waals surface area contributed by atoms with Crippen LogP contribution < -0.4 is 0 Å². The molecule has 0 atom stereocenters. The number of hydrogen-bond donors (Lipinski definition) is 0. The van der Waals surface area contributed by atoms with Crippen LogP contribution in [0.25, 0.3) is 0 Å². The fourth-order valence-corrected chi connectivity index (χ4v) is 2.48. The minimum absolute atomic E-state index is 0.149. The first-order chi connectivity index (χ1) is 10.3. The standard InChI is InChI=1S/C19H36O2/c1-3-5-6-7-8-9-10-11-12-13-14-15-16-18-21-19(20)17-4-2/h4H,2-3,5-18H2,1H3. The highest BCUT2D eigenvalue weighted by atomic mass is 16.5. The molecule has 124 valence electrons. The Bertz CT molecular complexity index is 236. The summed E-state index contributed by atoms with van der Waals surface area (Å²) in [5.41, 5.74) is 0. The molecule has 0 heterocycles. The number of unbranched alkanes of at least 4 members (excludes halogenated alkanes) is 12. The van der Waals surface area contributed by atoms with Crippen LogP contribution in [0, 0.1) is 0 Å². The number of ether oxygens (including phenoxy) is 1. The number of esters is 1. The molecule has 0 aromatic rings. The number of carbonyl (C=O) groups is 1. The highest BCUT2D eigenvalue weighted by molar-refractivity contribution is 5.70. The largest absolute Gasteiger partial charge is 0.465 e. The van der Waals surface area contributed by atoms with Crippen molar-refractivity contribution in [2.45, 2.75) is 96.8 Å². The predicted molar refractivity (Wildman–Crippen MR) is 91.5 cm³/mol. The van der Waals surface area contributed by atoms with E-state index in [1.807, 2.05) is 0 Å². The molecular weight excluding hydrogens is 260 g/mol. The topological polar surface area (TPSA) is 26.3 Å². The summed E-state index contributed by atoms with van der Waals surface area (Å²) in [5.74, 6) is -0.149. The molecule has 0 saturated carbocycles. The molecule has 0 bridgehead atoms. The second-order valence-electron chi connectivity index (χ2n) is 5.96. The molecule has 0 aliphatic heterocycles. The Morgan fingerprint density at radius 1 is 0.810 bits per heavy atom. The molecule has 2 nitrogen and oxygen atoms in total. The number of hydrogen-bond acceptors (Lipinski definition) is 2. The molecule has 0 saturated heterocycles. The maximum absolute atomic E-state index is 11.1. The predicted octanol–water partition coefficient (Wildman–Crippen LogP) is 6.20. The zero-order chi connectivity index (χ0) is 15.6. The summed E-state index contributed by atoms with van der Waals surface area (Å²) in [7, 11) is 0. The van der Waals surface area contributed by atoms with Crippen molar-refractivity contribution in [3.8, 4) is 0 Å². The van der Waals surface area contributed by atoms with Crippen LogP contribution in [0.3, 0.4) is 0 Å². The lowest BCUT2D eigenvalue weighted by atomic mass is 10.0. The summed E-state index contributed by atoms with van der Waals surface area (Å²) in [4.78, 5) is 11.1. The van der Waals surface area contributed by atoms with E-state index in [9.17, 15) is 4.79 Å². The summed E-state index contributed by atoms with van der Waals surface area (Å²) in [5, 5.41) is 0. The van der Waals surface area contributed by atoms with E-state index in [-0.39, 0.29) is 5.97 Å². The van der Waals surface area contributed by atoms with Crippen LogP contribution in [0.2, 0.25) is 0 Å². The average Bonchev–Trinajstić information content (AvgIpc) is 2.48. The minimum Gasteiger partial charge on any atom is -0.465 e. The quantitative estimate of drug-likeness (QED) is 0.193. The molecule has 2 heteroatoms. The Balaban J connectivity index is 3.02. The number of rotatable bonds is 16. The molecule has 0 aromatic carbocycles. The van der Waals surface area contributed by atoms with E-state index in [0.29, 0.717) is 13.0 Å². The van der Waals surface area contributed by atoms with Crippen molar-refractivity contribution in [2.75, 3.05) is 6.61 Å². The first kappa shape index (κ1) is 20.2. The molecule has 21 heavy (non-hydrogen) atoms. The molecule has 0 aliphatic carbocycles. The van der Waals surface area contributed by atoms with Crippen molar-refractivity contribution in [3.05, 3.63) is 12.7 Å². The minimum atomic E-state index is -0.149. The van der Waals surface area contributed by atoms with Crippen molar-refractivity contribution in [2.24, 2.45) is 0 Å². The molecule has 0 spiro atoms. The maximum Gasteiger partial charge on any atom is 0.309 e. The van der Waals surface area contributed by atoms with Crippen molar-refractivity contribution >= 4 is 5.97 Å². The van der Waals surface area contributed by atoms with Crippen molar-refractivity contribution in [1.29, 1.82) is 0 Å². The maximum atomic E-state index is 11.1. The molecule has 0 aliphatic rings. The SMILES string of the molecule is C=CCC(=O)OCCCCCCCCCCCCCCC. The smallest absolute Gasteiger partial charge is 0.309 e. The summed E-state index contributed by atoms with van der Waals surface area (Å²) in [6.07, 6.45) is 19.3. The lowest BCUT2D eigenvalue weighted by Gasteiger charge is -2.04. The van der Waals surface area contributed by atoms with Gasteiger partial charge in [-0.2, -0.15) is 0 Å². The van der Waals surface area contributed by atoms with Gasteiger partial charge in [-0.15, -0.1) is 6.58 Å². The van der Waals surface area contributed by atoms with Crippen LogP contribution in [0.4, 0.5) is 0 Å². The lowest BCUT2D eigenvalue weighted by Crippen LogP contribution is -2.04. The van der Waals surface area contributed by atoms with E-state index >= 15 is 0 Å². The summed E-state index contributed by atoms with van der Waals surface area (Å²) < 4.78 is 5.07. The van der Waals surface area contributed by atoms with E-state index in [1.165, 1.54) is 77.0 Å². The normalized spacial score (nSPS) is 10.5. The summed E-state index contributed by atoms with van der Waals surface area (Å²) in [6, 6.07) is 0. The van der Waals surface area contributed by atoms with Crippen LogP contribution in [0.1, 0.15) is 96.8 Å². The zero-order valence-corrected chi connectivity index (χ0v) is 14.2. The van der Waals surface area contributed by atoms with E-state index < -0.39 is 0 Å². The van der Waals surface area contributed by atoms with Gasteiger partial charge in [-0.3, -0.25) is 4.79 Å². The van der Waals surface area contributed by atoms with Gasteiger partial charge >= 0.3 is 5.97 Å². The van der Waals surface area contributed by atoms with Gasteiger partial charge in [0.15, 0.2) is 0 Å². The molecule has 0 aromatic heterocycles. The molecule has 0 fully saturated rings. The third-order valence-corrected chi connectivity index (χ3v) is 3.82. The van der Waals surface area contributed by atoms with Crippen LogP contribution in [-0.2, 0) is 9.53 Å². The van der Waals surface area contributed by atoms with E-state index in [1.54, 1.807) is 6.08 Å². The van der Waals surface area contributed by atoms with Gasteiger partial charge in [0, 0.05) is 0 Å². The van der Waals surface area contributed by atoms with Gasteiger partial charge in [-0.25, -0.2) is 0 Å². The Kier molecular flexibility index (Phi) is 16.6. The fraction of sp³-hybridized carbons (Fsp3) is 0.842. The molecule has 0 amide bonds. The second kappa shape index (κ2) is 17.3. The molecule has 0 radical (unpaired) electrons. The van der Waals surface area contributed by atoms with Gasteiger partial charge in [0.05, 0.1) is 13.0 Å². The van der Waals surface area contributed by atoms with Crippen molar-refractivity contribution in [1.82, 2.24) is 0 Å². The van der Waals surface area contributed by atoms with Crippen LogP contribution >= 0.6 is 0 Å². The van der Waals surface area contributed by atoms with Crippen LogP contribution in [-0.4, -0.2) is 12.6 Å². The molecule has 0 unspecified atom stereocenters. The molecule has 0 N–H and O–H groups in total. The Hall–Kier alpha value is -0.790. The lowest BCUT2D eigenvalue weighted by molar-refractivity contribution is -0.142. The van der Waals surface area contributed by atoms with Gasteiger partial charge < -0.3 is 4.74 Å². The van der Waals surface area contributed by atoms with Crippen LogP contribution in [0.15, 0.2) is 12.7 Å². The monoisotopic (exact) mass is 296 g/mol. The summed E-state index contributed by atoms with van der Waals surface area (Å²) in [6.45, 7) is 6.36. The van der Waals surface area contributed by atoms with Gasteiger partial charge in [0.25, 0.3) is 0 Å². The van der Waals surface area contributed by atoms with Gasteiger partial charge in [-0.1, -0.05) is 90.0 Å². The van der Waals surface area contributed by atoms with Gasteiger partial charge in [0.2, 0.25) is 0 Å². The van der Waals surface area contributed by atoms with E-state index in [4.69, 9.17) is 4.74 Å². The van der Waals surface area contributed by atoms with Crippen molar-refractivity contribution < 1.29 is 9.53 Å². The third-order valence-electron chi connectivity index (χ3n) is 3.82.